The first kappa shape index (κ1) is 19.1. The van der Waals surface area contributed by atoms with Crippen molar-refractivity contribution in [1.29, 1.82) is 0 Å². The third kappa shape index (κ3) is 3.56. The molecule has 0 amide bonds. The lowest BCUT2D eigenvalue weighted by molar-refractivity contribution is -0.138. The van der Waals surface area contributed by atoms with Gasteiger partial charge in [0.2, 0.25) is 0 Å². The summed E-state index contributed by atoms with van der Waals surface area (Å²) in [5, 5.41) is 7.61. The maximum absolute atomic E-state index is 13.4. The minimum Gasteiger partial charge on any atom is -0.378 e. The summed E-state index contributed by atoms with van der Waals surface area (Å²) in [5.74, 6) is 0.0374. The largest absolute Gasteiger partial charge is 0.416 e. The van der Waals surface area contributed by atoms with E-state index in [1.54, 1.807) is 11.0 Å². The second-order valence-corrected chi connectivity index (χ2v) is 7.87. The average molecular weight is 414 g/mol. The van der Waals surface area contributed by atoms with Crippen molar-refractivity contribution in [3.8, 4) is 0 Å². The summed E-state index contributed by atoms with van der Waals surface area (Å²) < 4.78 is 48.2. The number of hydrogen-bond donors (Lipinski definition) is 1. The molecule has 0 spiro atoms. The van der Waals surface area contributed by atoms with E-state index < -0.39 is 17.8 Å². The average Bonchev–Trinajstić information content (AvgIpc) is 3.26. The van der Waals surface area contributed by atoms with Gasteiger partial charge in [-0.2, -0.15) is 18.3 Å². The zero-order valence-electron chi connectivity index (χ0n) is 16.1. The van der Waals surface area contributed by atoms with Gasteiger partial charge in [-0.05, 0) is 36.6 Å². The molecule has 1 saturated heterocycles. The van der Waals surface area contributed by atoms with Crippen LogP contribution in [0.5, 0.6) is 0 Å². The van der Waals surface area contributed by atoms with Gasteiger partial charge in [0.15, 0.2) is 0 Å². The topological polar surface area (TPSA) is 52.0 Å². The number of nitrogens with zero attached hydrogens (tertiary/aromatic N) is 3. The number of rotatable bonds is 3. The van der Waals surface area contributed by atoms with E-state index in [2.05, 4.69) is 15.4 Å². The Morgan fingerprint density at radius 1 is 1.10 bits per heavy atom. The predicted octanol–water partition coefficient (Wildman–Crippen LogP) is 5.00. The maximum Gasteiger partial charge on any atom is 0.416 e. The van der Waals surface area contributed by atoms with Crippen molar-refractivity contribution >= 4 is 5.69 Å². The van der Waals surface area contributed by atoms with Crippen molar-refractivity contribution < 1.29 is 17.9 Å². The molecule has 1 fully saturated rings. The molecular weight excluding hydrogens is 393 g/mol. The summed E-state index contributed by atoms with van der Waals surface area (Å²) >= 11 is 0. The maximum atomic E-state index is 13.4. The quantitative estimate of drug-likeness (QED) is 0.655. The van der Waals surface area contributed by atoms with Crippen molar-refractivity contribution in [2.24, 2.45) is 5.92 Å². The summed E-state index contributed by atoms with van der Waals surface area (Å²) in [5.41, 5.74) is 1.73. The van der Waals surface area contributed by atoms with Crippen LogP contribution in [-0.2, 0) is 17.5 Å². The first-order chi connectivity index (χ1) is 14.5. The fraction of sp³-hybridized carbons (Fsp3) is 0.364. The van der Waals surface area contributed by atoms with Gasteiger partial charge in [0.1, 0.15) is 12.7 Å². The van der Waals surface area contributed by atoms with Crippen LogP contribution in [0.25, 0.3) is 0 Å². The van der Waals surface area contributed by atoms with Crippen LogP contribution in [-0.4, -0.2) is 20.9 Å². The van der Waals surface area contributed by atoms with Gasteiger partial charge in [0.25, 0.3) is 0 Å². The van der Waals surface area contributed by atoms with Crippen molar-refractivity contribution in [2.45, 2.75) is 43.8 Å². The van der Waals surface area contributed by atoms with Crippen LogP contribution in [0.1, 0.15) is 41.7 Å². The SMILES string of the molecule is FC(F)(F)c1ccc2c(c1)[C@H]1O[C@@H](Cn3cncn3)CC[C@H]1[C@H](c1ccccc1)N2. The van der Waals surface area contributed by atoms with E-state index in [1.165, 1.54) is 18.5 Å². The van der Waals surface area contributed by atoms with Gasteiger partial charge in [-0.15, -0.1) is 0 Å². The van der Waals surface area contributed by atoms with Gasteiger partial charge in [0, 0.05) is 17.2 Å². The molecule has 0 radical (unpaired) electrons. The number of nitrogens with one attached hydrogen (secondary N) is 1. The summed E-state index contributed by atoms with van der Waals surface area (Å²) in [6, 6.07) is 13.9. The minimum atomic E-state index is -4.39. The van der Waals surface area contributed by atoms with Crippen molar-refractivity contribution in [1.82, 2.24) is 14.8 Å². The van der Waals surface area contributed by atoms with Gasteiger partial charge >= 0.3 is 6.18 Å². The lowest BCUT2D eigenvalue weighted by Gasteiger charge is -2.45. The summed E-state index contributed by atoms with van der Waals surface area (Å²) in [6.45, 7) is 0.529. The Morgan fingerprint density at radius 3 is 2.67 bits per heavy atom. The second kappa shape index (κ2) is 7.43. The smallest absolute Gasteiger partial charge is 0.378 e. The Morgan fingerprint density at radius 2 is 1.93 bits per heavy atom. The molecular formula is C22H21F3N4O. The Bertz CT molecular complexity index is 1010. The minimum absolute atomic E-state index is 0.0206. The van der Waals surface area contributed by atoms with Crippen LogP contribution in [0, 0.1) is 5.92 Å². The molecule has 3 aromatic rings. The van der Waals surface area contributed by atoms with Gasteiger partial charge < -0.3 is 10.1 Å². The monoisotopic (exact) mass is 414 g/mol. The second-order valence-electron chi connectivity index (χ2n) is 7.87. The highest BCUT2D eigenvalue weighted by Gasteiger charge is 2.43. The fourth-order valence-electron chi connectivity index (χ4n) is 4.59. The summed E-state index contributed by atoms with van der Waals surface area (Å²) in [6.07, 6.45) is -0.212. The lowest BCUT2D eigenvalue weighted by atomic mass is 9.76. The zero-order valence-corrected chi connectivity index (χ0v) is 16.1. The van der Waals surface area contributed by atoms with E-state index in [4.69, 9.17) is 4.74 Å². The number of alkyl halides is 3. The van der Waals surface area contributed by atoms with E-state index >= 15 is 0 Å². The first-order valence-electron chi connectivity index (χ1n) is 9.99. The van der Waals surface area contributed by atoms with Crippen molar-refractivity contribution in [2.75, 3.05) is 5.32 Å². The summed E-state index contributed by atoms with van der Waals surface area (Å²) in [7, 11) is 0. The van der Waals surface area contributed by atoms with Crippen LogP contribution in [0.2, 0.25) is 0 Å². The third-order valence-corrected chi connectivity index (χ3v) is 5.99. The number of anilines is 1. The highest BCUT2D eigenvalue weighted by atomic mass is 19.4. The van der Waals surface area contributed by atoms with E-state index in [9.17, 15) is 13.2 Å². The van der Waals surface area contributed by atoms with Gasteiger partial charge in [-0.1, -0.05) is 30.3 Å². The number of hydrogen-bond acceptors (Lipinski definition) is 4. The van der Waals surface area contributed by atoms with Crippen molar-refractivity contribution in [3.05, 3.63) is 77.9 Å². The molecule has 8 heteroatoms. The predicted molar refractivity (Wildman–Crippen MR) is 105 cm³/mol. The normalized spacial score (nSPS) is 25.8. The molecule has 30 heavy (non-hydrogen) atoms. The number of benzene rings is 2. The molecule has 0 unspecified atom stereocenters. The standard InChI is InChI=1S/C22H21F3N4O/c23-22(24,25)15-6-9-19-18(10-15)21-17(20(28-19)14-4-2-1-3-5-14)8-7-16(30-21)11-29-13-26-12-27-29/h1-6,9-10,12-13,16-17,20-21,28H,7-8,11H2/t16-,17+,20+,21+/m1/s1. The Hall–Kier alpha value is -2.87. The van der Waals surface area contributed by atoms with Gasteiger partial charge in [-0.25, -0.2) is 4.98 Å². The molecule has 0 aliphatic carbocycles. The molecule has 0 bridgehead atoms. The number of ether oxygens (including phenoxy) is 1. The van der Waals surface area contributed by atoms with Gasteiger partial charge in [-0.3, -0.25) is 4.68 Å². The molecule has 2 aromatic carbocycles. The van der Waals surface area contributed by atoms with Gasteiger partial charge in [0.05, 0.1) is 30.4 Å². The van der Waals surface area contributed by atoms with Crippen LogP contribution >= 0.6 is 0 Å². The van der Waals surface area contributed by atoms with Crippen LogP contribution in [0.4, 0.5) is 18.9 Å². The summed E-state index contributed by atoms with van der Waals surface area (Å²) in [4.78, 5) is 3.96. The molecule has 1 N–H and O–H groups in total. The molecule has 1 aromatic heterocycles. The molecule has 0 saturated carbocycles. The van der Waals surface area contributed by atoms with E-state index in [0.29, 0.717) is 17.8 Å². The number of halogens is 3. The molecule has 5 rings (SSSR count). The fourth-order valence-corrected chi connectivity index (χ4v) is 4.59. The third-order valence-electron chi connectivity index (χ3n) is 5.99. The Balaban J connectivity index is 1.51. The number of fused-ring (bicyclic) bond motifs is 3. The van der Waals surface area contributed by atoms with Crippen LogP contribution < -0.4 is 5.32 Å². The van der Waals surface area contributed by atoms with Crippen LogP contribution in [0.15, 0.2) is 61.2 Å². The Labute approximate surface area is 171 Å². The highest BCUT2D eigenvalue weighted by molar-refractivity contribution is 5.58. The molecule has 2 aliphatic rings. The van der Waals surface area contributed by atoms with E-state index in [1.807, 2.05) is 30.3 Å². The molecule has 4 atom stereocenters. The van der Waals surface area contributed by atoms with Crippen molar-refractivity contribution in [3.63, 3.8) is 0 Å². The van der Waals surface area contributed by atoms with E-state index in [-0.39, 0.29) is 18.1 Å². The highest BCUT2D eigenvalue weighted by Crippen LogP contribution is 2.51. The molecule has 156 valence electrons. The first-order valence-corrected chi connectivity index (χ1v) is 9.99. The van der Waals surface area contributed by atoms with Crippen LogP contribution in [0.3, 0.4) is 0 Å². The lowest BCUT2D eigenvalue weighted by Crippen LogP contribution is -2.40. The molecule has 3 heterocycles. The van der Waals surface area contributed by atoms with E-state index in [0.717, 1.165) is 24.5 Å². The molecule has 2 aliphatic heterocycles. The molecule has 5 nitrogen and oxygen atoms in total. The zero-order chi connectivity index (χ0) is 20.7. The Kier molecular flexibility index (Phi) is 4.73. The number of aromatic nitrogens is 3.